The monoisotopic (exact) mass is 531 g/mol. The van der Waals surface area contributed by atoms with Crippen LogP contribution < -0.4 is 20.3 Å². The number of hydrogen-bond donors (Lipinski definition) is 2. The van der Waals surface area contributed by atoms with Gasteiger partial charge < -0.3 is 19.4 Å². The summed E-state index contributed by atoms with van der Waals surface area (Å²) in [5.74, 6) is 0.657. The molecule has 1 saturated heterocycles. The molecule has 1 aliphatic heterocycles. The van der Waals surface area contributed by atoms with E-state index in [2.05, 4.69) is 15.6 Å². The summed E-state index contributed by atoms with van der Waals surface area (Å²) in [5, 5.41) is 17.3. The molecule has 0 bridgehead atoms. The van der Waals surface area contributed by atoms with Crippen LogP contribution in [0.2, 0.25) is 0 Å². The van der Waals surface area contributed by atoms with Gasteiger partial charge in [0.1, 0.15) is 17.0 Å². The van der Waals surface area contributed by atoms with Gasteiger partial charge in [-0.05, 0) is 86.1 Å². The van der Waals surface area contributed by atoms with Gasteiger partial charge in [-0.3, -0.25) is 20.2 Å². The van der Waals surface area contributed by atoms with Gasteiger partial charge in [0.2, 0.25) is 5.89 Å². The molecule has 1 aliphatic rings. The number of fused-ring (bicyclic) bond motifs is 1. The molecule has 5 rings (SSSR count). The first-order valence-corrected chi connectivity index (χ1v) is 12.5. The van der Waals surface area contributed by atoms with Crippen molar-refractivity contribution in [2.24, 2.45) is 0 Å². The quantitative estimate of drug-likeness (QED) is 0.188. The highest BCUT2D eigenvalue weighted by Crippen LogP contribution is 2.31. The number of piperidine rings is 1. The Morgan fingerprint density at radius 3 is 2.55 bits per heavy atom. The van der Waals surface area contributed by atoms with Crippen LogP contribution in [0, 0.1) is 10.1 Å². The number of benzene rings is 3. The lowest BCUT2D eigenvalue weighted by Crippen LogP contribution is -2.34. The highest BCUT2D eigenvalue weighted by Gasteiger charge is 2.23. The third-order valence-corrected chi connectivity index (χ3v) is 6.54. The average Bonchev–Trinajstić information content (AvgIpc) is 3.36. The van der Waals surface area contributed by atoms with Gasteiger partial charge in [0.05, 0.1) is 12.0 Å². The van der Waals surface area contributed by atoms with Crippen LogP contribution in [-0.4, -0.2) is 41.1 Å². The number of nitrogens with zero attached hydrogens (tertiary/aromatic N) is 3. The summed E-state index contributed by atoms with van der Waals surface area (Å²) in [6.07, 6.45) is 3.09. The van der Waals surface area contributed by atoms with E-state index < -0.39 is 10.8 Å². The molecule has 38 heavy (non-hydrogen) atoms. The van der Waals surface area contributed by atoms with Crippen molar-refractivity contribution < 1.29 is 18.9 Å². The van der Waals surface area contributed by atoms with Gasteiger partial charge in [0, 0.05) is 36.0 Å². The van der Waals surface area contributed by atoms with E-state index >= 15 is 0 Å². The number of nitrogens with one attached hydrogen (secondary N) is 2. The molecule has 1 fully saturated rings. The predicted octanol–water partition coefficient (Wildman–Crippen LogP) is 5.53. The van der Waals surface area contributed by atoms with Crippen molar-refractivity contribution in [3.8, 4) is 17.2 Å². The molecule has 1 amide bonds. The normalized spacial score (nSPS) is 13.2. The largest absolute Gasteiger partial charge is 0.497 e. The van der Waals surface area contributed by atoms with Crippen LogP contribution in [0.3, 0.4) is 0 Å². The minimum absolute atomic E-state index is 0.0518. The third kappa shape index (κ3) is 5.42. The lowest BCUT2D eigenvalue weighted by atomic mass is 10.1. The second-order valence-corrected chi connectivity index (χ2v) is 9.25. The lowest BCUT2D eigenvalue weighted by Gasteiger charge is -2.28. The van der Waals surface area contributed by atoms with E-state index in [-0.39, 0.29) is 16.4 Å². The molecule has 2 N–H and O–H groups in total. The molecule has 0 saturated carbocycles. The van der Waals surface area contributed by atoms with Gasteiger partial charge in [-0.15, -0.1) is 0 Å². The van der Waals surface area contributed by atoms with Crippen molar-refractivity contribution >= 4 is 51.4 Å². The van der Waals surface area contributed by atoms with Crippen molar-refractivity contribution in [3.63, 3.8) is 0 Å². The second kappa shape index (κ2) is 10.9. The predicted molar refractivity (Wildman–Crippen MR) is 149 cm³/mol. The van der Waals surface area contributed by atoms with Crippen molar-refractivity contribution in [2.45, 2.75) is 19.3 Å². The fourth-order valence-corrected chi connectivity index (χ4v) is 4.62. The van der Waals surface area contributed by atoms with Crippen LogP contribution >= 0.6 is 12.2 Å². The number of nitro benzene ring substituents is 1. The van der Waals surface area contributed by atoms with Crippen LogP contribution in [0.15, 0.2) is 65.1 Å². The summed E-state index contributed by atoms with van der Waals surface area (Å²) in [4.78, 5) is 30.6. The molecule has 3 aromatic carbocycles. The van der Waals surface area contributed by atoms with Crippen LogP contribution in [0.25, 0.3) is 22.6 Å². The molecule has 0 radical (unpaired) electrons. The Morgan fingerprint density at radius 2 is 1.84 bits per heavy atom. The SMILES string of the molecule is COc1ccc(-c2nc3cc(NC(=S)NC(=O)c4ccc(N5CCCCC5)c([N+](=O)[O-])c4)ccc3o2)cc1. The molecule has 0 atom stereocenters. The Bertz CT molecular complexity index is 1510. The number of rotatable bonds is 6. The minimum Gasteiger partial charge on any atom is -0.497 e. The Balaban J connectivity index is 1.27. The van der Waals surface area contributed by atoms with Crippen molar-refractivity contribution in [1.29, 1.82) is 0 Å². The molecule has 4 aromatic rings. The molecular weight excluding hydrogens is 506 g/mol. The zero-order valence-corrected chi connectivity index (χ0v) is 21.4. The fourth-order valence-electron chi connectivity index (χ4n) is 4.41. The zero-order chi connectivity index (χ0) is 26.6. The summed E-state index contributed by atoms with van der Waals surface area (Å²) in [7, 11) is 1.60. The molecule has 0 aliphatic carbocycles. The highest BCUT2D eigenvalue weighted by atomic mass is 32.1. The first-order valence-electron chi connectivity index (χ1n) is 12.1. The summed E-state index contributed by atoms with van der Waals surface area (Å²) < 4.78 is 11.0. The topological polar surface area (TPSA) is 123 Å². The number of anilines is 2. The number of carbonyl (C=O) groups excluding carboxylic acids is 1. The third-order valence-electron chi connectivity index (χ3n) is 6.34. The van der Waals surface area contributed by atoms with Crippen molar-refractivity contribution in [3.05, 3.63) is 76.3 Å². The molecule has 0 unspecified atom stereocenters. The number of hydrogen-bond acceptors (Lipinski definition) is 8. The molecule has 0 spiro atoms. The zero-order valence-electron chi connectivity index (χ0n) is 20.6. The maximum absolute atomic E-state index is 12.8. The van der Waals surface area contributed by atoms with Gasteiger partial charge in [-0.25, -0.2) is 4.98 Å². The Hall–Kier alpha value is -4.51. The fraction of sp³-hybridized carbons (Fsp3) is 0.222. The van der Waals surface area contributed by atoms with E-state index in [1.54, 1.807) is 37.4 Å². The Morgan fingerprint density at radius 1 is 1.08 bits per heavy atom. The number of ether oxygens (including phenoxy) is 1. The molecular formula is C27H25N5O5S. The van der Waals surface area contributed by atoms with Gasteiger partial charge in [-0.2, -0.15) is 0 Å². The maximum atomic E-state index is 12.8. The first-order chi connectivity index (χ1) is 18.4. The van der Waals surface area contributed by atoms with E-state index in [4.69, 9.17) is 21.4 Å². The van der Waals surface area contributed by atoms with Crippen LogP contribution in [0.1, 0.15) is 29.6 Å². The number of carbonyl (C=O) groups is 1. The van der Waals surface area contributed by atoms with E-state index in [0.717, 1.165) is 43.7 Å². The summed E-state index contributed by atoms with van der Waals surface area (Å²) in [6, 6.07) is 17.1. The number of amides is 1. The highest BCUT2D eigenvalue weighted by molar-refractivity contribution is 7.80. The lowest BCUT2D eigenvalue weighted by molar-refractivity contribution is -0.384. The number of methoxy groups -OCH3 is 1. The van der Waals surface area contributed by atoms with E-state index in [1.807, 2.05) is 29.2 Å². The number of aromatic nitrogens is 1. The summed E-state index contributed by atoms with van der Waals surface area (Å²) >= 11 is 5.31. The standard InChI is InChI=1S/C27H25N5O5S/c1-36-20-9-5-17(6-10-20)26-29-21-16-19(8-12-24(21)37-26)28-27(38)30-25(33)18-7-11-22(23(15-18)32(34)35)31-13-3-2-4-14-31/h5-12,15-16H,2-4,13-14H2,1H3,(H2,28,30,33,38). The van der Waals surface area contributed by atoms with Crippen molar-refractivity contribution in [1.82, 2.24) is 10.3 Å². The smallest absolute Gasteiger partial charge is 0.293 e. The molecule has 11 heteroatoms. The molecule has 1 aromatic heterocycles. The summed E-state index contributed by atoms with van der Waals surface area (Å²) in [6.45, 7) is 1.52. The molecule has 2 heterocycles. The van der Waals surface area contributed by atoms with Gasteiger partial charge >= 0.3 is 0 Å². The minimum atomic E-state index is -0.542. The molecule has 194 valence electrons. The average molecular weight is 532 g/mol. The van der Waals surface area contributed by atoms with Gasteiger partial charge in [-0.1, -0.05) is 0 Å². The number of thiocarbonyl (C=S) groups is 1. The summed E-state index contributed by atoms with van der Waals surface area (Å²) in [5.41, 5.74) is 3.20. The first kappa shape index (κ1) is 25.2. The van der Waals surface area contributed by atoms with E-state index in [9.17, 15) is 14.9 Å². The second-order valence-electron chi connectivity index (χ2n) is 8.85. The number of nitro groups is 1. The van der Waals surface area contributed by atoms with Crippen molar-refractivity contribution in [2.75, 3.05) is 30.4 Å². The Labute approximate surface area is 223 Å². The number of oxazole rings is 1. The Kier molecular flexibility index (Phi) is 7.18. The van der Waals surface area contributed by atoms with Gasteiger partial charge in [0.15, 0.2) is 10.7 Å². The van der Waals surface area contributed by atoms with Gasteiger partial charge in [0.25, 0.3) is 11.6 Å². The van der Waals surface area contributed by atoms with Crippen LogP contribution in [0.5, 0.6) is 5.75 Å². The van der Waals surface area contributed by atoms with Crippen LogP contribution in [0.4, 0.5) is 17.1 Å². The van der Waals surface area contributed by atoms with E-state index in [0.29, 0.717) is 28.4 Å². The van der Waals surface area contributed by atoms with E-state index in [1.165, 1.54) is 6.07 Å². The maximum Gasteiger partial charge on any atom is 0.293 e. The van der Waals surface area contributed by atoms with Crippen LogP contribution in [-0.2, 0) is 0 Å². The molecule has 10 nitrogen and oxygen atoms in total.